The SMILES string of the molecule is CCC(C)c1nc2c(OC)cc(OC)cc2s1. The Kier molecular flexibility index (Phi) is 3.52. The summed E-state index contributed by atoms with van der Waals surface area (Å²) in [6, 6.07) is 3.89. The molecule has 0 saturated heterocycles. The summed E-state index contributed by atoms with van der Waals surface area (Å²) in [5, 5.41) is 1.16. The molecule has 17 heavy (non-hydrogen) atoms. The Balaban J connectivity index is 2.58. The minimum absolute atomic E-state index is 0.489. The smallest absolute Gasteiger partial charge is 0.149 e. The fourth-order valence-electron chi connectivity index (χ4n) is 1.65. The Morgan fingerprint density at radius 1 is 1.29 bits per heavy atom. The van der Waals surface area contributed by atoms with Crippen molar-refractivity contribution >= 4 is 21.6 Å². The van der Waals surface area contributed by atoms with E-state index < -0.39 is 0 Å². The first-order valence-electron chi connectivity index (χ1n) is 5.72. The van der Waals surface area contributed by atoms with Gasteiger partial charge >= 0.3 is 0 Å². The summed E-state index contributed by atoms with van der Waals surface area (Å²) in [7, 11) is 3.33. The third kappa shape index (κ3) is 2.22. The highest BCUT2D eigenvalue weighted by atomic mass is 32.1. The van der Waals surface area contributed by atoms with Gasteiger partial charge in [0.05, 0.1) is 23.9 Å². The molecule has 0 radical (unpaired) electrons. The molecule has 0 amide bonds. The van der Waals surface area contributed by atoms with Crippen LogP contribution in [0.4, 0.5) is 0 Å². The molecule has 1 unspecified atom stereocenters. The second-order valence-corrected chi connectivity index (χ2v) is 5.10. The van der Waals surface area contributed by atoms with Gasteiger partial charge in [-0.2, -0.15) is 0 Å². The second kappa shape index (κ2) is 4.92. The van der Waals surface area contributed by atoms with E-state index in [-0.39, 0.29) is 0 Å². The molecule has 4 heteroatoms. The molecule has 2 rings (SSSR count). The van der Waals surface area contributed by atoms with Crippen LogP contribution in [-0.2, 0) is 0 Å². The number of rotatable bonds is 4. The van der Waals surface area contributed by atoms with E-state index in [0.29, 0.717) is 5.92 Å². The standard InChI is InChI=1S/C13H17NO2S/c1-5-8(2)13-14-12-10(16-4)6-9(15-3)7-11(12)17-13/h6-8H,5H2,1-4H3. The van der Waals surface area contributed by atoms with Crippen LogP contribution in [0.5, 0.6) is 11.5 Å². The molecule has 1 aromatic heterocycles. The molecule has 1 heterocycles. The summed E-state index contributed by atoms with van der Waals surface area (Å²) in [6.45, 7) is 4.37. The molecular formula is C13H17NO2S. The number of aromatic nitrogens is 1. The summed E-state index contributed by atoms with van der Waals surface area (Å²) in [4.78, 5) is 4.67. The van der Waals surface area contributed by atoms with Crippen LogP contribution in [0.15, 0.2) is 12.1 Å². The molecular weight excluding hydrogens is 234 g/mol. The fourth-order valence-corrected chi connectivity index (χ4v) is 2.80. The molecule has 0 bridgehead atoms. The van der Waals surface area contributed by atoms with E-state index in [9.17, 15) is 0 Å². The Bertz CT molecular complexity index is 521. The molecule has 0 fully saturated rings. The Hall–Kier alpha value is -1.29. The summed E-state index contributed by atoms with van der Waals surface area (Å²) in [5.41, 5.74) is 0.939. The molecule has 0 aliphatic carbocycles. The van der Waals surface area contributed by atoms with E-state index in [2.05, 4.69) is 18.8 Å². The quantitative estimate of drug-likeness (QED) is 0.827. The second-order valence-electron chi connectivity index (χ2n) is 4.04. The third-order valence-corrected chi connectivity index (χ3v) is 4.17. The van der Waals surface area contributed by atoms with Crippen molar-refractivity contribution in [2.45, 2.75) is 26.2 Å². The highest BCUT2D eigenvalue weighted by Crippen LogP contribution is 2.36. The predicted octanol–water partition coefficient (Wildman–Crippen LogP) is 3.83. The maximum absolute atomic E-state index is 5.36. The minimum Gasteiger partial charge on any atom is -0.497 e. The Morgan fingerprint density at radius 2 is 2.06 bits per heavy atom. The number of ether oxygens (including phenoxy) is 2. The van der Waals surface area contributed by atoms with Crippen LogP contribution in [0.1, 0.15) is 31.2 Å². The number of thiazole rings is 1. The van der Waals surface area contributed by atoms with Crippen LogP contribution in [0, 0.1) is 0 Å². The van der Waals surface area contributed by atoms with Crippen molar-refractivity contribution in [3.05, 3.63) is 17.1 Å². The van der Waals surface area contributed by atoms with Gasteiger partial charge in [-0.3, -0.25) is 0 Å². The predicted molar refractivity (Wildman–Crippen MR) is 71.4 cm³/mol. The molecule has 3 nitrogen and oxygen atoms in total. The molecule has 1 atom stereocenters. The van der Waals surface area contributed by atoms with Gasteiger partial charge in [0.1, 0.15) is 17.0 Å². The van der Waals surface area contributed by atoms with Crippen molar-refractivity contribution in [2.24, 2.45) is 0 Å². The first kappa shape index (κ1) is 12.2. The zero-order valence-electron chi connectivity index (χ0n) is 10.6. The number of hydrogen-bond acceptors (Lipinski definition) is 4. The summed E-state index contributed by atoms with van der Waals surface area (Å²) in [6.07, 6.45) is 1.10. The van der Waals surface area contributed by atoms with Crippen LogP contribution in [-0.4, -0.2) is 19.2 Å². The number of methoxy groups -OCH3 is 2. The summed E-state index contributed by atoms with van der Waals surface area (Å²) >= 11 is 1.72. The van der Waals surface area contributed by atoms with E-state index in [1.807, 2.05) is 12.1 Å². The molecule has 2 aromatic rings. The number of nitrogens with zero attached hydrogens (tertiary/aromatic N) is 1. The maximum atomic E-state index is 5.36. The van der Waals surface area contributed by atoms with Crippen molar-refractivity contribution in [3.63, 3.8) is 0 Å². The monoisotopic (exact) mass is 251 g/mol. The van der Waals surface area contributed by atoms with Crippen molar-refractivity contribution in [1.29, 1.82) is 0 Å². The van der Waals surface area contributed by atoms with Gasteiger partial charge in [0.15, 0.2) is 0 Å². The van der Waals surface area contributed by atoms with Crippen molar-refractivity contribution < 1.29 is 9.47 Å². The van der Waals surface area contributed by atoms with Crippen LogP contribution in [0.25, 0.3) is 10.2 Å². The van der Waals surface area contributed by atoms with Crippen molar-refractivity contribution in [3.8, 4) is 11.5 Å². The van der Waals surface area contributed by atoms with Gasteiger partial charge in [-0.1, -0.05) is 13.8 Å². The highest BCUT2D eigenvalue weighted by Gasteiger charge is 2.14. The molecule has 0 spiro atoms. The lowest BCUT2D eigenvalue weighted by molar-refractivity contribution is 0.397. The molecule has 0 N–H and O–H groups in total. The summed E-state index contributed by atoms with van der Waals surface area (Å²) < 4.78 is 11.7. The molecule has 1 aromatic carbocycles. The van der Waals surface area contributed by atoms with E-state index >= 15 is 0 Å². The normalized spacial score (nSPS) is 12.7. The average Bonchev–Trinajstić information content (AvgIpc) is 2.80. The summed E-state index contributed by atoms with van der Waals surface area (Å²) in [5.74, 6) is 2.09. The molecule has 92 valence electrons. The van der Waals surface area contributed by atoms with E-state index in [1.54, 1.807) is 25.6 Å². The zero-order valence-corrected chi connectivity index (χ0v) is 11.4. The van der Waals surface area contributed by atoms with E-state index in [0.717, 1.165) is 33.1 Å². The molecule has 0 aliphatic rings. The molecule has 0 saturated carbocycles. The van der Waals surface area contributed by atoms with E-state index in [1.165, 1.54) is 0 Å². The van der Waals surface area contributed by atoms with Crippen molar-refractivity contribution in [2.75, 3.05) is 14.2 Å². The maximum Gasteiger partial charge on any atom is 0.149 e. The fraction of sp³-hybridized carbons (Fsp3) is 0.462. The number of hydrogen-bond donors (Lipinski definition) is 0. The third-order valence-electron chi connectivity index (χ3n) is 2.94. The Labute approximate surface area is 105 Å². The molecule has 0 aliphatic heterocycles. The average molecular weight is 251 g/mol. The minimum atomic E-state index is 0.489. The topological polar surface area (TPSA) is 31.4 Å². The van der Waals surface area contributed by atoms with Gasteiger partial charge < -0.3 is 9.47 Å². The van der Waals surface area contributed by atoms with Crippen molar-refractivity contribution in [1.82, 2.24) is 4.98 Å². The van der Waals surface area contributed by atoms with Gasteiger partial charge in [-0.15, -0.1) is 11.3 Å². The van der Waals surface area contributed by atoms with Gasteiger partial charge in [0, 0.05) is 12.0 Å². The van der Waals surface area contributed by atoms with Gasteiger partial charge in [-0.05, 0) is 12.5 Å². The number of benzene rings is 1. The lowest BCUT2D eigenvalue weighted by Crippen LogP contribution is -1.90. The highest BCUT2D eigenvalue weighted by molar-refractivity contribution is 7.18. The van der Waals surface area contributed by atoms with E-state index in [4.69, 9.17) is 9.47 Å². The lowest BCUT2D eigenvalue weighted by atomic mass is 10.1. The zero-order chi connectivity index (χ0) is 12.4. The van der Waals surface area contributed by atoms with Gasteiger partial charge in [0.2, 0.25) is 0 Å². The van der Waals surface area contributed by atoms with Gasteiger partial charge in [-0.25, -0.2) is 4.98 Å². The Morgan fingerprint density at radius 3 is 2.65 bits per heavy atom. The van der Waals surface area contributed by atoms with Crippen LogP contribution in [0.2, 0.25) is 0 Å². The number of fused-ring (bicyclic) bond motifs is 1. The lowest BCUT2D eigenvalue weighted by Gasteiger charge is -2.04. The van der Waals surface area contributed by atoms with Crippen LogP contribution in [0.3, 0.4) is 0 Å². The first-order valence-corrected chi connectivity index (χ1v) is 6.53. The largest absolute Gasteiger partial charge is 0.497 e. The first-order chi connectivity index (χ1) is 8.19. The van der Waals surface area contributed by atoms with Crippen LogP contribution < -0.4 is 9.47 Å². The van der Waals surface area contributed by atoms with Crippen LogP contribution >= 0.6 is 11.3 Å². The van der Waals surface area contributed by atoms with Gasteiger partial charge in [0.25, 0.3) is 0 Å².